The van der Waals surface area contributed by atoms with Crippen molar-refractivity contribution in [2.45, 2.75) is 38.8 Å². The van der Waals surface area contributed by atoms with Gasteiger partial charge in [0.1, 0.15) is 0 Å². The molecule has 2 unspecified atom stereocenters. The van der Waals surface area contributed by atoms with Crippen LogP contribution in [0.15, 0.2) is 18.2 Å². The first kappa shape index (κ1) is 12.9. The fourth-order valence-electron chi connectivity index (χ4n) is 2.49. The molecule has 18 heavy (non-hydrogen) atoms. The second-order valence-corrected chi connectivity index (χ2v) is 5.03. The minimum atomic E-state index is -0.369. The molecule has 1 aromatic rings. The number of anilines is 1. The Bertz CT molecular complexity index is 445. The van der Waals surface area contributed by atoms with Gasteiger partial charge in [-0.25, -0.2) is 0 Å². The summed E-state index contributed by atoms with van der Waals surface area (Å²) >= 11 is 0. The molecule has 1 amide bonds. The van der Waals surface area contributed by atoms with E-state index in [2.05, 4.69) is 17.6 Å². The minimum Gasteiger partial charge on any atom is -0.381 e. The van der Waals surface area contributed by atoms with Crippen LogP contribution >= 0.6 is 0 Å². The Kier molecular flexibility index (Phi) is 3.87. The van der Waals surface area contributed by atoms with Gasteiger partial charge in [0.05, 0.1) is 0 Å². The van der Waals surface area contributed by atoms with E-state index in [4.69, 9.17) is 5.73 Å². The van der Waals surface area contributed by atoms with Crippen molar-refractivity contribution in [3.63, 3.8) is 0 Å². The fraction of sp³-hybridized carbons (Fsp3) is 0.500. The third-order valence-electron chi connectivity index (χ3n) is 3.61. The molecule has 4 nitrogen and oxygen atoms in total. The van der Waals surface area contributed by atoms with Gasteiger partial charge in [-0.3, -0.25) is 4.79 Å². The van der Waals surface area contributed by atoms with E-state index in [1.165, 1.54) is 12.8 Å². The van der Waals surface area contributed by atoms with Gasteiger partial charge in [0, 0.05) is 23.3 Å². The first-order valence-corrected chi connectivity index (χ1v) is 6.48. The third kappa shape index (κ3) is 2.82. The lowest BCUT2D eigenvalue weighted by Crippen LogP contribution is -2.46. The Morgan fingerprint density at radius 3 is 2.89 bits per heavy atom. The molecule has 0 bridgehead atoms. The Morgan fingerprint density at radius 1 is 1.50 bits per heavy atom. The number of piperidine rings is 1. The maximum absolute atomic E-state index is 11.2. The number of nitrogens with two attached hydrogens (primary N) is 1. The van der Waals surface area contributed by atoms with E-state index in [-0.39, 0.29) is 5.91 Å². The SMILES string of the molecule is Cc1cc(NC2CCCNC2C)ccc1C(N)=O. The number of nitrogens with one attached hydrogen (secondary N) is 2. The van der Waals surface area contributed by atoms with Crippen molar-refractivity contribution in [2.75, 3.05) is 11.9 Å². The van der Waals surface area contributed by atoms with Crippen LogP contribution in [0.4, 0.5) is 5.69 Å². The highest BCUT2D eigenvalue weighted by molar-refractivity contribution is 5.94. The molecule has 0 radical (unpaired) electrons. The number of hydrogen-bond donors (Lipinski definition) is 3. The summed E-state index contributed by atoms with van der Waals surface area (Å²) in [7, 11) is 0. The molecule has 0 saturated carbocycles. The lowest BCUT2D eigenvalue weighted by atomic mass is 9.99. The standard InChI is InChI=1S/C14H21N3O/c1-9-8-11(5-6-12(9)14(15)18)17-13-4-3-7-16-10(13)2/h5-6,8,10,13,16-17H,3-4,7H2,1-2H3,(H2,15,18). The molecule has 0 aromatic heterocycles. The summed E-state index contributed by atoms with van der Waals surface area (Å²) in [4.78, 5) is 11.2. The zero-order chi connectivity index (χ0) is 13.1. The van der Waals surface area contributed by atoms with Crippen molar-refractivity contribution < 1.29 is 4.79 Å². The van der Waals surface area contributed by atoms with E-state index in [9.17, 15) is 4.79 Å². The van der Waals surface area contributed by atoms with Crippen LogP contribution in [-0.4, -0.2) is 24.5 Å². The van der Waals surface area contributed by atoms with Gasteiger partial charge in [-0.1, -0.05) is 0 Å². The number of aryl methyl sites for hydroxylation is 1. The van der Waals surface area contributed by atoms with Crippen LogP contribution in [0.3, 0.4) is 0 Å². The van der Waals surface area contributed by atoms with Crippen molar-refractivity contribution in [1.82, 2.24) is 5.32 Å². The summed E-state index contributed by atoms with van der Waals surface area (Å²) in [5, 5.41) is 6.98. The van der Waals surface area contributed by atoms with Crippen LogP contribution in [0.2, 0.25) is 0 Å². The highest BCUT2D eigenvalue weighted by atomic mass is 16.1. The van der Waals surface area contributed by atoms with E-state index < -0.39 is 0 Å². The summed E-state index contributed by atoms with van der Waals surface area (Å²) < 4.78 is 0. The van der Waals surface area contributed by atoms with Gasteiger partial charge in [0.2, 0.25) is 5.91 Å². The lowest BCUT2D eigenvalue weighted by Gasteiger charge is -2.31. The first-order valence-electron chi connectivity index (χ1n) is 6.48. The van der Waals surface area contributed by atoms with Crippen LogP contribution in [0.5, 0.6) is 0 Å². The van der Waals surface area contributed by atoms with Crippen molar-refractivity contribution in [3.8, 4) is 0 Å². The maximum atomic E-state index is 11.2. The molecule has 2 rings (SSSR count). The molecule has 4 heteroatoms. The van der Waals surface area contributed by atoms with Gasteiger partial charge in [-0.15, -0.1) is 0 Å². The second-order valence-electron chi connectivity index (χ2n) is 5.03. The normalized spacial score (nSPS) is 23.7. The third-order valence-corrected chi connectivity index (χ3v) is 3.61. The molecule has 0 spiro atoms. The average Bonchev–Trinajstić information content (AvgIpc) is 2.32. The van der Waals surface area contributed by atoms with Gasteiger partial charge in [-0.05, 0) is 57.0 Å². The summed E-state index contributed by atoms with van der Waals surface area (Å²) in [5.74, 6) is -0.369. The summed E-state index contributed by atoms with van der Waals surface area (Å²) in [6, 6.07) is 6.61. The molecule has 2 atom stereocenters. The fourth-order valence-corrected chi connectivity index (χ4v) is 2.49. The topological polar surface area (TPSA) is 67.2 Å². The molecule has 1 aromatic carbocycles. The van der Waals surface area contributed by atoms with Gasteiger partial charge in [-0.2, -0.15) is 0 Å². The van der Waals surface area contributed by atoms with Crippen LogP contribution in [-0.2, 0) is 0 Å². The molecule has 1 saturated heterocycles. The van der Waals surface area contributed by atoms with E-state index in [1.54, 1.807) is 6.07 Å². The molecular weight excluding hydrogens is 226 g/mol. The van der Waals surface area contributed by atoms with E-state index in [1.807, 2.05) is 19.1 Å². The predicted molar refractivity (Wildman–Crippen MR) is 73.8 cm³/mol. The number of hydrogen-bond acceptors (Lipinski definition) is 3. The Morgan fingerprint density at radius 2 is 2.28 bits per heavy atom. The van der Waals surface area contributed by atoms with E-state index >= 15 is 0 Å². The van der Waals surface area contributed by atoms with Gasteiger partial charge in [0.15, 0.2) is 0 Å². The largest absolute Gasteiger partial charge is 0.381 e. The number of benzene rings is 1. The van der Waals surface area contributed by atoms with Crippen LogP contribution in [0, 0.1) is 6.92 Å². The zero-order valence-electron chi connectivity index (χ0n) is 11.0. The summed E-state index contributed by atoms with van der Waals surface area (Å²) in [5.41, 5.74) is 7.87. The van der Waals surface area contributed by atoms with Crippen molar-refractivity contribution in [1.29, 1.82) is 0 Å². The highest BCUT2D eigenvalue weighted by Crippen LogP contribution is 2.19. The van der Waals surface area contributed by atoms with Crippen LogP contribution in [0.25, 0.3) is 0 Å². The van der Waals surface area contributed by atoms with Crippen molar-refractivity contribution in [2.24, 2.45) is 5.73 Å². The number of primary amides is 1. The lowest BCUT2D eigenvalue weighted by molar-refractivity contribution is 0.1000. The number of carbonyl (C=O) groups is 1. The second kappa shape index (κ2) is 5.40. The van der Waals surface area contributed by atoms with Crippen LogP contribution < -0.4 is 16.4 Å². The maximum Gasteiger partial charge on any atom is 0.248 e. The van der Waals surface area contributed by atoms with Gasteiger partial charge < -0.3 is 16.4 Å². The molecule has 0 aliphatic carbocycles. The summed E-state index contributed by atoms with van der Waals surface area (Å²) in [6.45, 7) is 5.20. The van der Waals surface area contributed by atoms with Gasteiger partial charge >= 0.3 is 0 Å². The minimum absolute atomic E-state index is 0.369. The molecule has 98 valence electrons. The number of rotatable bonds is 3. The molecule has 1 aliphatic rings. The molecular formula is C14H21N3O. The number of amides is 1. The van der Waals surface area contributed by atoms with E-state index in [0.29, 0.717) is 17.6 Å². The molecule has 4 N–H and O–H groups in total. The molecule has 1 heterocycles. The smallest absolute Gasteiger partial charge is 0.248 e. The first-order chi connectivity index (χ1) is 8.58. The molecule has 1 fully saturated rings. The summed E-state index contributed by atoms with van der Waals surface area (Å²) in [6.07, 6.45) is 2.37. The van der Waals surface area contributed by atoms with Crippen molar-refractivity contribution in [3.05, 3.63) is 29.3 Å². The van der Waals surface area contributed by atoms with Crippen LogP contribution in [0.1, 0.15) is 35.7 Å². The van der Waals surface area contributed by atoms with Gasteiger partial charge in [0.25, 0.3) is 0 Å². The predicted octanol–water partition coefficient (Wildman–Crippen LogP) is 1.65. The monoisotopic (exact) mass is 247 g/mol. The van der Waals surface area contributed by atoms with Crippen molar-refractivity contribution >= 4 is 11.6 Å². The number of carbonyl (C=O) groups excluding carboxylic acids is 1. The molecule has 1 aliphatic heterocycles. The van der Waals surface area contributed by atoms with E-state index in [0.717, 1.165) is 17.8 Å². The Hall–Kier alpha value is -1.55. The average molecular weight is 247 g/mol. The Balaban J connectivity index is 2.10. The quantitative estimate of drug-likeness (QED) is 0.760. The highest BCUT2D eigenvalue weighted by Gasteiger charge is 2.20. The Labute approximate surface area is 108 Å². The zero-order valence-corrected chi connectivity index (χ0v) is 11.0.